The van der Waals surface area contributed by atoms with E-state index in [0.29, 0.717) is 0 Å². The number of benzene rings is 1. The third-order valence-electron chi connectivity index (χ3n) is 4.51. The molecule has 2 aliphatic carbocycles. The van der Waals surface area contributed by atoms with Crippen molar-refractivity contribution in [3.05, 3.63) is 35.4 Å². The molecule has 0 aliphatic heterocycles. The van der Waals surface area contributed by atoms with Gasteiger partial charge in [-0.25, -0.2) is 8.78 Å². The summed E-state index contributed by atoms with van der Waals surface area (Å²) in [5.74, 6) is 0.814. The molecule has 0 saturated heterocycles. The van der Waals surface area contributed by atoms with E-state index in [4.69, 9.17) is 0 Å². The number of nitrogens with one attached hydrogen (secondary N) is 1. The van der Waals surface area contributed by atoms with Crippen LogP contribution in [0.3, 0.4) is 0 Å². The first-order valence-electron chi connectivity index (χ1n) is 6.70. The van der Waals surface area contributed by atoms with E-state index >= 15 is 0 Å². The first-order chi connectivity index (χ1) is 8.60. The van der Waals surface area contributed by atoms with Gasteiger partial charge < -0.3 is 5.32 Å². The fourth-order valence-corrected chi connectivity index (χ4v) is 3.88. The van der Waals surface area contributed by atoms with Gasteiger partial charge in [-0.3, -0.25) is 0 Å². The number of hydrogen-bond acceptors (Lipinski definition) is 1. The van der Waals surface area contributed by atoms with Crippen molar-refractivity contribution in [3.8, 4) is 0 Å². The second-order valence-electron chi connectivity index (χ2n) is 6.15. The van der Waals surface area contributed by atoms with Crippen molar-refractivity contribution in [2.45, 2.75) is 25.7 Å². The lowest BCUT2D eigenvalue weighted by Crippen LogP contribution is -2.33. The lowest BCUT2D eigenvalue weighted by atomic mass is 9.77. The van der Waals surface area contributed by atoms with Crippen LogP contribution in [0.4, 0.5) is 8.78 Å². The zero-order valence-electron chi connectivity index (χ0n) is 10.7. The maximum atomic E-state index is 13.2. The lowest BCUT2D eigenvalue weighted by Gasteiger charge is -2.31. The normalized spacial score (nSPS) is 33.5. The van der Waals surface area contributed by atoms with E-state index in [-0.39, 0.29) is 5.41 Å². The molecule has 2 saturated carbocycles. The molecule has 18 heavy (non-hydrogen) atoms. The molecule has 3 heteroatoms. The smallest absolute Gasteiger partial charge is 0.126 e. The van der Waals surface area contributed by atoms with E-state index in [0.717, 1.165) is 36.4 Å². The van der Waals surface area contributed by atoms with Crippen molar-refractivity contribution in [2.75, 3.05) is 13.6 Å². The Morgan fingerprint density at radius 3 is 2.33 bits per heavy atom. The Morgan fingerprint density at radius 1 is 1.17 bits per heavy atom. The topological polar surface area (TPSA) is 12.0 Å². The van der Waals surface area contributed by atoms with E-state index in [1.807, 2.05) is 7.05 Å². The first-order valence-corrected chi connectivity index (χ1v) is 6.70. The van der Waals surface area contributed by atoms with Crippen LogP contribution in [0.5, 0.6) is 0 Å². The summed E-state index contributed by atoms with van der Waals surface area (Å²) in [6.07, 6.45) is 4.56. The summed E-state index contributed by atoms with van der Waals surface area (Å²) >= 11 is 0. The van der Waals surface area contributed by atoms with E-state index < -0.39 is 11.6 Å². The SMILES string of the molecule is CNCC1(Cc2cc(F)cc(F)c2)CC2CC2C1. The second kappa shape index (κ2) is 4.30. The predicted octanol–water partition coefficient (Wildman–Crippen LogP) is 3.14. The van der Waals surface area contributed by atoms with Crippen LogP contribution in [0.2, 0.25) is 0 Å². The molecular formula is C15H19F2N. The van der Waals surface area contributed by atoms with Gasteiger partial charge in [0, 0.05) is 12.6 Å². The molecule has 1 aromatic rings. The Labute approximate surface area is 107 Å². The van der Waals surface area contributed by atoms with E-state index in [2.05, 4.69) is 5.32 Å². The highest BCUT2D eigenvalue weighted by Crippen LogP contribution is 2.60. The average molecular weight is 251 g/mol. The van der Waals surface area contributed by atoms with Gasteiger partial charge in [-0.05, 0) is 67.7 Å². The Morgan fingerprint density at radius 2 is 1.78 bits per heavy atom. The van der Waals surface area contributed by atoms with Crippen LogP contribution in [-0.2, 0) is 6.42 Å². The van der Waals surface area contributed by atoms with Gasteiger partial charge in [-0.1, -0.05) is 0 Å². The standard InChI is InChI=1S/C15H19F2N/c1-18-9-15(7-11-4-12(11)8-15)6-10-2-13(16)5-14(17)3-10/h2-3,5,11-12,18H,4,6-9H2,1H3. The summed E-state index contributed by atoms with van der Waals surface area (Å²) in [6.45, 7) is 0.943. The summed E-state index contributed by atoms with van der Waals surface area (Å²) in [6, 6.07) is 3.90. The molecule has 0 aromatic heterocycles. The Kier molecular flexibility index (Phi) is 2.89. The fraction of sp³-hybridized carbons (Fsp3) is 0.600. The molecule has 3 rings (SSSR count). The number of halogens is 2. The van der Waals surface area contributed by atoms with Gasteiger partial charge in [0.05, 0.1) is 0 Å². The first kappa shape index (κ1) is 12.1. The van der Waals surface area contributed by atoms with Crippen LogP contribution in [-0.4, -0.2) is 13.6 Å². The maximum Gasteiger partial charge on any atom is 0.126 e. The zero-order valence-corrected chi connectivity index (χ0v) is 10.7. The minimum Gasteiger partial charge on any atom is -0.319 e. The summed E-state index contributed by atoms with van der Waals surface area (Å²) in [4.78, 5) is 0. The predicted molar refractivity (Wildman–Crippen MR) is 67.3 cm³/mol. The van der Waals surface area contributed by atoms with Gasteiger partial charge in [0.1, 0.15) is 11.6 Å². The van der Waals surface area contributed by atoms with Crippen molar-refractivity contribution in [2.24, 2.45) is 17.3 Å². The van der Waals surface area contributed by atoms with Crippen molar-refractivity contribution in [3.63, 3.8) is 0 Å². The van der Waals surface area contributed by atoms with Gasteiger partial charge in [-0.15, -0.1) is 0 Å². The zero-order chi connectivity index (χ0) is 12.8. The third kappa shape index (κ3) is 2.28. The van der Waals surface area contributed by atoms with Crippen molar-refractivity contribution < 1.29 is 8.78 Å². The molecule has 0 spiro atoms. The Bertz CT molecular complexity index is 428. The van der Waals surface area contributed by atoms with Crippen LogP contribution >= 0.6 is 0 Å². The van der Waals surface area contributed by atoms with Gasteiger partial charge in [0.15, 0.2) is 0 Å². The van der Waals surface area contributed by atoms with Crippen molar-refractivity contribution >= 4 is 0 Å². The molecule has 1 aromatic carbocycles. The number of rotatable bonds is 4. The van der Waals surface area contributed by atoms with Crippen molar-refractivity contribution in [1.82, 2.24) is 5.32 Å². The number of hydrogen-bond donors (Lipinski definition) is 1. The number of fused-ring (bicyclic) bond motifs is 1. The third-order valence-corrected chi connectivity index (χ3v) is 4.51. The second-order valence-corrected chi connectivity index (χ2v) is 6.15. The molecule has 1 nitrogen and oxygen atoms in total. The van der Waals surface area contributed by atoms with Crippen LogP contribution in [0, 0.1) is 28.9 Å². The van der Waals surface area contributed by atoms with Crippen LogP contribution in [0.1, 0.15) is 24.8 Å². The summed E-state index contributed by atoms with van der Waals surface area (Å²) in [7, 11) is 1.96. The average Bonchev–Trinajstić information content (AvgIpc) is 2.85. The highest BCUT2D eigenvalue weighted by Gasteiger charge is 2.53. The molecule has 2 aliphatic rings. The van der Waals surface area contributed by atoms with E-state index in [1.54, 1.807) is 0 Å². The molecule has 2 unspecified atom stereocenters. The lowest BCUT2D eigenvalue weighted by molar-refractivity contribution is 0.254. The van der Waals surface area contributed by atoms with Crippen LogP contribution in [0.25, 0.3) is 0 Å². The van der Waals surface area contributed by atoms with Crippen LogP contribution in [0.15, 0.2) is 18.2 Å². The molecule has 0 radical (unpaired) electrons. The Balaban J connectivity index is 1.80. The summed E-state index contributed by atoms with van der Waals surface area (Å²) in [5, 5.41) is 3.25. The largest absolute Gasteiger partial charge is 0.319 e. The molecule has 2 atom stereocenters. The maximum absolute atomic E-state index is 13.2. The highest BCUT2D eigenvalue weighted by molar-refractivity contribution is 5.21. The summed E-state index contributed by atoms with van der Waals surface area (Å²) < 4.78 is 26.5. The quantitative estimate of drug-likeness (QED) is 0.867. The minimum atomic E-state index is -0.465. The van der Waals surface area contributed by atoms with Crippen molar-refractivity contribution in [1.29, 1.82) is 0 Å². The van der Waals surface area contributed by atoms with Gasteiger partial charge >= 0.3 is 0 Å². The summed E-state index contributed by atoms with van der Waals surface area (Å²) in [5.41, 5.74) is 1.01. The van der Waals surface area contributed by atoms with E-state index in [9.17, 15) is 8.78 Å². The minimum absolute atomic E-state index is 0.211. The molecule has 0 bridgehead atoms. The van der Waals surface area contributed by atoms with Gasteiger partial charge in [-0.2, -0.15) is 0 Å². The molecular weight excluding hydrogens is 232 g/mol. The molecule has 2 fully saturated rings. The molecule has 0 amide bonds. The highest BCUT2D eigenvalue weighted by atomic mass is 19.1. The van der Waals surface area contributed by atoms with Gasteiger partial charge in [0.2, 0.25) is 0 Å². The molecule has 1 N–H and O–H groups in total. The van der Waals surface area contributed by atoms with Gasteiger partial charge in [0.25, 0.3) is 0 Å². The monoisotopic (exact) mass is 251 g/mol. The fourth-order valence-electron chi connectivity index (χ4n) is 3.88. The molecule has 98 valence electrons. The van der Waals surface area contributed by atoms with Crippen LogP contribution < -0.4 is 5.32 Å². The Hall–Kier alpha value is -0.960. The molecule has 0 heterocycles. The van der Waals surface area contributed by atoms with E-state index in [1.165, 1.54) is 31.4 Å².